The van der Waals surface area contributed by atoms with Gasteiger partial charge in [-0.15, -0.1) is 0 Å². The van der Waals surface area contributed by atoms with Crippen LogP contribution < -0.4 is 5.32 Å². The van der Waals surface area contributed by atoms with Gasteiger partial charge in [-0.05, 0) is 37.0 Å². The molecule has 0 bridgehead atoms. The predicted octanol–water partition coefficient (Wildman–Crippen LogP) is 3.40. The van der Waals surface area contributed by atoms with Crippen molar-refractivity contribution in [2.45, 2.75) is 65.2 Å². The van der Waals surface area contributed by atoms with Gasteiger partial charge in [0.05, 0.1) is 6.07 Å². The van der Waals surface area contributed by atoms with Crippen LogP contribution in [0.1, 0.15) is 65.2 Å². The number of nitrogens with zero attached hydrogens (tertiary/aromatic N) is 1. The van der Waals surface area contributed by atoms with E-state index in [1.807, 2.05) is 0 Å². The molecule has 2 rings (SSSR count). The Kier molecular flexibility index (Phi) is 4.18. The van der Waals surface area contributed by atoms with Crippen LogP contribution in [0.15, 0.2) is 0 Å². The molecule has 3 heteroatoms. The second-order valence-corrected chi connectivity index (χ2v) is 6.81. The van der Waals surface area contributed by atoms with Gasteiger partial charge in [-0.2, -0.15) is 5.26 Å². The summed E-state index contributed by atoms with van der Waals surface area (Å²) in [6.07, 6.45) is 8.24. The summed E-state index contributed by atoms with van der Waals surface area (Å²) in [6, 6.07) is 2.33. The number of amides is 1. The van der Waals surface area contributed by atoms with Gasteiger partial charge in [0.2, 0.25) is 5.91 Å². The van der Waals surface area contributed by atoms with E-state index >= 15 is 0 Å². The zero-order valence-corrected chi connectivity index (χ0v) is 12.3. The third kappa shape index (κ3) is 2.94. The maximum atomic E-state index is 12.5. The smallest absolute Gasteiger partial charge is 0.240 e. The molecule has 0 aromatic heterocycles. The van der Waals surface area contributed by atoms with Crippen LogP contribution in [0.3, 0.4) is 0 Å². The number of carbonyl (C=O) groups is 1. The van der Waals surface area contributed by atoms with E-state index < -0.39 is 5.41 Å². The topological polar surface area (TPSA) is 52.9 Å². The van der Waals surface area contributed by atoms with Crippen LogP contribution in [0.5, 0.6) is 0 Å². The Morgan fingerprint density at radius 2 is 1.74 bits per heavy atom. The van der Waals surface area contributed by atoms with Crippen molar-refractivity contribution in [2.75, 3.05) is 6.54 Å². The third-order valence-electron chi connectivity index (χ3n) is 5.32. The van der Waals surface area contributed by atoms with Gasteiger partial charge < -0.3 is 5.32 Å². The Bertz CT molecular complexity index is 369. The highest BCUT2D eigenvalue weighted by Gasteiger charge is 2.47. The fourth-order valence-electron chi connectivity index (χ4n) is 3.27. The Balaban J connectivity index is 1.96. The van der Waals surface area contributed by atoms with E-state index in [9.17, 15) is 10.1 Å². The van der Waals surface area contributed by atoms with Gasteiger partial charge in [0, 0.05) is 6.54 Å². The SMILES string of the molecule is CC(C)C1(CNC(=O)C2(C#N)CCCCCC2)CC1. The maximum absolute atomic E-state index is 12.5. The van der Waals surface area contributed by atoms with Crippen LogP contribution in [0, 0.1) is 28.1 Å². The molecule has 0 aromatic carbocycles. The van der Waals surface area contributed by atoms with Crippen molar-refractivity contribution < 1.29 is 4.79 Å². The Labute approximate surface area is 116 Å². The number of nitriles is 1. The molecule has 2 aliphatic carbocycles. The van der Waals surface area contributed by atoms with E-state index in [1.165, 1.54) is 12.8 Å². The molecule has 1 N–H and O–H groups in total. The molecule has 1 amide bonds. The molecule has 2 fully saturated rings. The van der Waals surface area contributed by atoms with Gasteiger partial charge in [0.15, 0.2) is 0 Å². The van der Waals surface area contributed by atoms with Gasteiger partial charge in [0.25, 0.3) is 0 Å². The van der Waals surface area contributed by atoms with Crippen molar-refractivity contribution in [3.8, 4) is 6.07 Å². The van der Waals surface area contributed by atoms with Gasteiger partial charge in [0.1, 0.15) is 5.41 Å². The standard InChI is InChI=1S/C16H26N2O/c1-13(2)16(9-10-16)12-18-14(19)15(11-17)7-5-3-4-6-8-15/h13H,3-10,12H2,1-2H3,(H,18,19). The zero-order chi connectivity index (χ0) is 13.9. The molecule has 0 aliphatic heterocycles. The van der Waals surface area contributed by atoms with Gasteiger partial charge in [-0.3, -0.25) is 4.79 Å². The van der Waals surface area contributed by atoms with Crippen molar-refractivity contribution in [3.63, 3.8) is 0 Å². The quantitative estimate of drug-likeness (QED) is 0.789. The number of hydrogen-bond acceptors (Lipinski definition) is 2. The normalized spacial score (nSPS) is 24.3. The van der Waals surface area contributed by atoms with Crippen LogP contribution in [0.25, 0.3) is 0 Å². The second-order valence-electron chi connectivity index (χ2n) is 6.81. The fraction of sp³-hybridized carbons (Fsp3) is 0.875. The fourth-order valence-corrected chi connectivity index (χ4v) is 3.27. The molecule has 3 nitrogen and oxygen atoms in total. The Morgan fingerprint density at radius 1 is 1.16 bits per heavy atom. The lowest BCUT2D eigenvalue weighted by Crippen LogP contribution is -2.43. The first-order valence-electron chi connectivity index (χ1n) is 7.74. The minimum absolute atomic E-state index is 0.0103. The second kappa shape index (κ2) is 5.53. The van der Waals surface area contributed by atoms with Crippen molar-refractivity contribution in [1.82, 2.24) is 5.32 Å². The van der Waals surface area contributed by atoms with Crippen LogP contribution in [-0.2, 0) is 4.79 Å². The largest absolute Gasteiger partial charge is 0.354 e. The average Bonchev–Trinajstić information content (AvgIpc) is 3.21. The summed E-state index contributed by atoms with van der Waals surface area (Å²) in [4.78, 5) is 12.5. The number of carbonyl (C=O) groups excluding carboxylic acids is 1. The summed E-state index contributed by atoms with van der Waals surface area (Å²) >= 11 is 0. The Morgan fingerprint density at radius 3 is 2.16 bits per heavy atom. The minimum Gasteiger partial charge on any atom is -0.354 e. The zero-order valence-electron chi connectivity index (χ0n) is 12.3. The summed E-state index contributed by atoms with van der Waals surface area (Å²) in [7, 11) is 0. The molecule has 0 spiro atoms. The lowest BCUT2D eigenvalue weighted by molar-refractivity contribution is -0.129. The molecule has 2 aliphatic rings. The lowest BCUT2D eigenvalue weighted by Gasteiger charge is -2.26. The molecular formula is C16H26N2O. The van der Waals surface area contributed by atoms with E-state index in [4.69, 9.17) is 0 Å². The van der Waals surface area contributed by atoms with E-state index in [0.29, 0.717) is 11.3 Å². The minimum atomic E-state index is -0.746. The van der Waals surface area contributed by atoms with Crippen LogP contribution in [0.4, 0.5) is 0 Å². The number of rotatable bonds is 4. The van der Waals surface area contributed by atoms with Crippen molar-refractivity contribution in [3.05, 3.63) is 0 Å². The van der Waals surface area contributed by atoms with E-state index in [1.54, 1.807) is 0 Å². The van der Waals surface area contributed by atoms with Crippen LogP contribution in [0.2, 0.25) is 0 Å². The van der Waals surface area contributed by atoms with Gasteiger partial charge in [-0.25, -0.2) is 0 Å². The van der Waals surface area contributed by atoms with E-state index in [-0.39, 0.29) is 5.91 Å². The van der Waals surface area contributed by atoms with Crippen molar-refractivity contribution >= 4 is 5.91 Å². The third-order valence-corrected chi connectivity index (χ3v) is 5.32. The summed E-state index contributed by atoms with van der Waals surface area (Å²) in [5.41, 5.74) is -0.430. The number of nitrogens with one attached hydrogen (secondary N) is 1. The summed E-state index contributed by atoms with van der Waals surface area (Å²) in [6.45, 7) is 5.21. The highest BCUT2D eigenvalue weighted by Crippen LogP contribution is 2.51. The first-order chi connectivity index (χ1) is 9.05. The lowest BCUT2D eigenvalue weighted by atomic mass is 9.80. The van der Waals surface area contributed by atoms with Crippen molar-refractivity contribution in [1.29, 1.82) is 5.26 Å². The molecular weight excluding hydrogens is 236 g/mol. The average molecular weight is 262 g/mol. The predicted molar refractivity (Wildman–Crippen MR) is 75.3 cm³/mol. The van der Waals surface area contributed by atoms with Crippen molar-refractivity contribution in [2.24, 2.45) is 16.7 Å². The maximum Gasteiger partial charge on any atom is 0.240 e. The molecule has 2 saturated carbocycles. The molecule has 0 atom stereocenters. The highest BCUT2D eigenvalue weighted by molar-refractivity contribution is 5.85. The monoisotopic (exact) mass is 262 g/mol. The van der Waals surface area contributed by atoms with Crippen LogP contribution >= 0.6 is 0 Å². The van der Waals surface area contributed by atoms with E-state index in [2.05, 4.69) is 25.2 Å². The molecule has 0 heterocycles. The van der Waals surface area contributed by atoms with Crippen LogP contribution in [-0.4, -0.2) is 12.5 Å². The molecule has 0 aromatic rings. The van der Waals surface area contributed by atoms with Gasteiger partial charge in [-0.1, -0.05) is 39.5 Å². The number of hydrogen-bond donors (Lipinski definition) is 1. The van der Waals surface area contributed by atoms with E-state index in [0.717, 1.165) is 45.1 Å². The summed E-state index contributed by atoms with van der Waals surface area (Å²) in [5, 5.41) is 12.6. The molecule has 19 heavy (non-hydrogen) atoms. The highest BCUT2D eigenvalue weighted by atomic mass is 16.2. The summed E-state index contributed by atoms with van der Waals surface area (Å²) < 4.78 is 0. The molecule has 0 unspecified atom stereocenters. The van der Waals surface area contributed by atoms with Gasteiger partial charge >= 0.3 is 0 Å². The molecule has 0 radical (unpaired) electrons. The summed E-state index contributed by atoms with van der Waals surface area (Å²) in [5.74, 6) is 0.601. The first kappa shape index (κ1) is 14.4. The first-order valence-corrected chi connectivity index (χ1v) is 7.74. The Hall–Kier alpha value is -1.04. The molecule has 106 valence electrons. The molecule has 0 saturated heterocycles.